The Morgan fingerprint density at radius 1 is 1.05 bits per heavy atom. The van der Waals surface area contributed by atoms with Crippen LogP contribution < -0.4 is 0 Å². The molecular weight excluding hydrogens is 248 g/mol. The number of aryl methyl sites for hydroxylation is 1. The lowest BCUT2D eigenvalue weighted by Gasteiger charge is -2.25. The fraction of sp³-hybridized carbons (Fsp3) is 0.278. The standard InChI is InChI=1S/C18H18O2/c1-20-18(19)15-9-6-14(7-10-15)17-11-8-13-4-2-3-5-16(13)12-17/h2-7,9-10,17H,8,11-12H2,1H3. The Balaban J connectivity index is 1.79. The maximum Gasteiger partial charge on any atom is 0.337 e. The SMILES string of the molecule is COC(=O)c1ccc(C2CCc3ccccc3C2)cc1. The van der Waals surface area contributed by atoms with E-state index in [0.717, 1.165) is 12.8 Å². The zero-order valence-corrected chi connectivity index (χ0v) is 11.6. The average Bonchev–Trinajstić information content (AvgIpc) is 2.54. The molecule has 20 heavy (non-hydrogen) atoms. The summed E-state index contributed by atoms with van der Waals surface area (Å²) in [6, 6.07) is 16.5. The van der Waals surface area contributed by atoms with E-state index in [4.69, 9.17) is 4.74 Å². The average molecular weight is 266 g/mol. The van der Waals surface area contributed by atoms with Gasteiger partial charge in [-0.25, -0.2) is 4.79 Å². The highest BCUT2D eigenvalue weighted by molar-refractivity contribution is 5.89. The molecule has 1 unspecified atom stereocenters. The molecule has 1 atom stereocenters. The molecule has 3 rings (SSSR count). The van der Waals surface area contributed by atoms with Gasteiger partial charge in [0.05, 0.1) is 12.7 Å². The van der Waals surface area contributed by atoms with E-state index in [1.54, 1.807) is 0 Å². The van der Waals surface area contributed by atoms with Gasteiger partial charge in [-0.15, -0.1) is 0 Å². The predicted octanol–water partition coefficient (Wildman–Crippen LogP) is 3.75. The molecule has 0 radical (unpaired) electrons. The van der Waals surface area contributed by atoms with Crippen molar-refractivity contribution < 1.29 is 9.53 Å². The Morgan fingerprint density at radius 3 is 2.45 bits per heavy atom. The second kappa shape index (κ2) is 5.49. The number of carbonyl (C=O) groups is 1. The lowest BCUT2D eigenvalue weighted by Crippen LogP contribution is -2.12. The van der Waals surface area contributed by atoms with Crippen molar-refractivity contribution in [2.75, 3.05) is 7.11 Å². The summed E-state index contributed by atoms with van der Waals surface area (Å²) in [5, 5.41) is 0. The molecule has 0 bridgehead atoms. The maximum absolute atomic E-state index is 11.4. The summed E-state index contributed by atoms with van der Waals surface area (Å²) in [5.74, 6) is 0.280. The van der Waals surface area contributed by atoms with Crippen molar-refractivity contribution in [2.24, 2.45) is 0 Å². The molecule has 102 valence electrons. The van der Waals surface area contributed by atoms with Crippen LogP contribution in [0, 0.1) is 0 Å². The van der Waals surface area contributed by atoms with Gasteiger partial charge in [-0.05, 0) is 54.0 Å². The molecule has 0 fully saturated rings. The van der Waals surface area contributed by atoms with Gasteiger partial charge in [0, 0.05) is 0 Å². The van der Waals surface area contributed by atoms with E-state index in [1.165, 1.54) is 30.2 Å². The number of methoxy groups -OCH3 is 1. The summed E-state index contributed by atoms with van der Waals surface area (Å²) in [6.45, 7) is 0. The van der Waals surface area contributed by atoms with Crippen LogP contribution in [0.4, 0.5) is 0 Å². The Morgan fingerprint density at radius 2 is 1.75 bits per heavy atom. The fourth-order valence-corrected chi connectivity index (χ4v) is 2.99. The number of ether oxygens (including phenoxy) is 1. The molecule has 0 spiro atoms. The number of rotatable bonds is 2. The van der Waals surface area contributed by atoms with Gasteiger partial charge in [0.1, 0.15) is 0 Å². The topological polar surface area (TPSA) is 26.3 Å². The van der Waals surface area contributed by atoms with Gasteiger partial charge in [-0.2, -0.15) is 0 Å². The molecule has 2 aromatic rings. The predicted molar refractivity (Wildman–Crippen MR) is 79.0 cm³/mol. The van der Waals surface area contributed by atoms with E-state index in [-0.39, 0.29) is 5.97 Å². The zero-order valence-electron chi connectivity index (χ0n) is 11.6. The van der Waals surface area contributed by atoms with Crippen LogP contribution in [0.1, 0.15) is 39.4 Å². The van der Waals surface area contributed by atoms with Gasteiger partial charge < -0.3 is 4.74 Å². The monoisotopic (exact) mass is 266 g/mol. The Hall–Kier alpha value is -2.09. The molecule has 0 heterocycles. The van der Waals surface area contributed by atoms with Gasteiger partial charge in [-0.3, -0.25) is 0 Å². The molecule has 0 aliphatic heterocycles. The van der Waals surface area contributed by atoms with Crippen LogP contribution in [0.2, 0.25) is 0 Å². The quantitative estimate of drug-likeness (QED) is 0.774. The van der Waals surface area contributed by atoms with Crippen molar-refractivity contribution in [2.45, 2.75) is 25.2 Å². The van der Waals surface area contributed by atoms with Crippen LogP contribution in [0.3, 0.4) is 0 Å². The van der Waals surface area contributed by atoms with E-state index in [2.05, 4.69) is 36.4 Å². The van der Waals surface area contributed by atoms with Crippen LogP contribution in [0.5, 0.6) is 0 Å². The van der Waals surface area contributed by atoms with Gasteiger partial charge in [-0.1, -0.05) is 36.4 Å². The summed E-state index contributed by atoms with van der Waals surface area (Å²) in [4.78, 5) is 11.4. The third kappa shape index (κ3) is 2.46. The van der Waals surface area contributed by atoms with E-state index in [1.807, 2.05) is 12.1 Å². The number of fused-ring (bicyclic) bond motifs is 1. The van der Waals surface area contributed by atoms with Crippen LogP contribution in [0.25, 0.3) is 0 Å². The summed E-state index contributed by atoms with van der Waals surface area (Å²) >= 11 is 0. The van der Waals surface area contributed by atoms with E-state index < -0.39 is 0 Å². The van der Waals surface area contributed by atoms with Crippen LogP contribution in [-0.2, 0) is 17.6 Å². The number of carbonyl (C=O) groups excluding carboxylic acids is 1. The van der Waals surface area contributed by atoms with Gasteiger partial charge in [0.15, 0.2) is 0 Å². The number of hydrogen-bond acceptors (Lipinski definition) is 2. The number of hydrogen-bond donors (Lipinski definition) is 0. The normalized spacial score (nSPS) is 17.4. The first kappa shape index (κ1) is 12.9. The molecule has 0 amide bonds. The minimum atomic E-state index is -0.273. The minimum Gasteiger partial charge on any atom is -0.465 e. The lowest BCUT2D eigenvalue weighted by atomic mass is 9.80. The van der Waals surface area contributed by atoms with Gasteiger partial charge in [0.2, 0.25) is 0 Å². The van der Waals surface area contributed by atoms with Crippen molar-refractivity contribution in [1.29, 1.82) is 0 Å². The molecular formula is C18H18O2. The second-order valence-electron chi connectivity index (χ2n) is 5.32. The number of benzene rings is 2. The molecule has 0 saturated carbocycles. The first-order valence-corrected chi connectivity index (χ1v) is 7.03. The van der Waals surface area contributed by atoms with Crippen LogP contribution in [0.15, 0.2) is 48.5 Å². The van der Waals surface area contributed by atoms with Gasteiger partial charge in [0.25, 0.3) is 0 Å². The minimum absolute atomic E-state index is 0.273. The van der Waals surface area contributed by atoms with E-state index in [9.17, 15) is 4.79 Å². The third-order valence-electron chi connectivity index (χ3n) is 4.15. The molecule has 2 heteroatoms. The first-order chi connectivity index (χ1) is 9.78. The molecule has 2 aromatic carbocycles. The summed E-state index contributed by atoms with van der Waals surface area (Å²) < 4.78 is 4.73. The molecule has 1 aliphatic rings. The highest BCUT2D eigenvalue weighted by Crippen LogP contribution is 2.32. The van der Waals surface area contributed by atoms with Crippen molar-refractivity contribution in [1.82, 2.24) is 0 Å². The third-order valence-corrected chi connectivity index (χ3v) is 4.15. The van der Waals surface area contributed by atoms with E-state index in [0.29, 0.717) is 11.5 Å². The van der Waals surface area contributed by atoms with E-state index >= 15 is 0 Å². The number of esters is 1. The van der Waals surface area contributed by atoms with Crippen molar-refractivity contribution >= 4 is 5.97 Å². The maximum atomic E-state index is 11.4. The molecule has 0 N–H and O–H groups in total. The van der Waals surface area contributed by atoms with Gasteiger partial charge >= 0.3 is 5.97 Å². The second-order valence-corrected chi connectivity index (χ2v) is 5.32. The highest BCUT2D eigenvalue weighted by Gasteiger charge is 2.19. The van der Waals surface area contributed by atoms with Crippen LogP contribution in [-0.4, -0.2) is 13.1 Å². The molecule has 0 saturated heterocycles. The fourth-order valence-electron chi connectivity index (χ4n) is 2.99. The van der Waals surface area contributed by atoms with Crippen molar-refractivity contribution in [3.63, 3.8) is 0 Å². The van der Waals surface area contributed by atoms with Crippen LogP contribution >= 0.6 is 0 Å². The summed E-state index contributed by atoms with van der Waals surface area (Å²) in [7, 11) is 1.41. The zero-order chi connectivity index (χ0) is 13.9. The summed E-state index contributed by atoms with van der Waals surface area (Å²) in [5.41, 5.74) is 4.87. The highest BCUT2D eigenvalue weighted by atomic mass is 16.5. The Labute approximate surface area is 119 Å². The Kier molecular flexibility index (Phi) is 3.55. The Bertz CT molecular complexity index is 614. The lowest BCUT2D eigenvalue weighted by molar-refractivity contribution is 0.0600. The molecule has 0 aromatic heterocycles. The van der Waals surface area contributed by atoms with Crippen molar-refractivity contribution in [3.05, 3.63) is 70.8 Å². The summed E-state index contributed by atoms with van der Waals surface area (Å²) in [6.07, 6.45) is 3.40. The van der Waals surface area contributed by atoms with Crippen molar-refractivity contribution in [3.8, 4) is 0 Å². The largest absolute Gasteiger partial charge is 0.465 e. The molecule has 1 aliphatic carbocycles. The smallest absolute Gasteiger partial charge is 0.337 e. The molecule has 2 nitrogen and oxygen atoms in total. The first-order valence-electron chi connectivity index (χ1n) is 7.03.